The highest BCUT2D eigenvalue weighted by atomic mass is 16.5. The monoisotopic (exact) mass is 199 g/mol. The maximum Gasteiger partial charge on any atom is 0.333 e. The van der Waals surface area contributed by atoms with Gasteiger partial charge in [-0.3, -0.25) is 0 Å². The van der Waals surface area contributed by atoms with Gasteiger partial charge in [0.1, 0.15) is 6.10 Å². The molecule has 0 heterocycles. The summed E-state index contributed by atoms with van der Waals surface area (Å²) in [5.74, 6) is -0.282. The Kier molecular flexibility index (Phi) is 6.21. The van der Waals surface area contributed by atoms with Gasteiger partial charge in [0.25, 0.3) is 0 Å². The Balaban J connectivity index is 3.90. The summed E-state index contributed by atoms with van der Waals surface area (Å²) in [5, 5.41) is 0. The van der Waals surface area contributed by atoms with Crippen molar-refractivity contribution in [2.75, 3.05) is 20.6 Å². The molecule has 0 saturated heterocycles. The zero-order valence-corrected chi connectivity index (χ0v) is 9.67. The first-order valence-electron chi connectivity index (χ1n) is 4.98. The van der Waals surface area contributed by atoms with E-state index in [9.17, 15) is 4.79 Å². The van der Waals surface area contributed by atoms with E-state index in [4.69, 9.17) is 4.74 Å². The van der Waals surface area contributed by atoms with Crippen molar-refractivity contribution in [2.45, 2.75) is 32.8 Å². The van der Waals surface area contributed by atoms with Gasteiger partial charge < -0.3 is 9.64 Å². The van der Waals surface area contributed by atoms with Crippen molar-refractivity contribution in [1.82, 2.24) is 4.90 Å². The lowest BCUT2D eigenvalue weighted by atomic mass is 10.2. The third-order valence-electron chi connectivity index (χ3n) is 1.98. The number of carbonyl (C=O) groups excluding carboxylic acids is 1. The fraction of sp³-hybridized carbons (Fsp3) is 0.727. The standard InChI is InChI=1S/C11H21NO2/c1-6-10(7-8-12(4)5)14-11(13)9(2)3/h10H,2,6-8H2,1,3-5H3. The maximum absolute atomic E-state index is 11.2. The van der Waals surface area contributed by atoms with Crippen LogP contribution in [0.3, 0.4) is 0 Å². The molecule has 3 nitrogen and oxygen atoms in total. The third kappa shape index (κ3) is 5.75. The molecule has 82 valence electrons. The van der Waals surface area contributed by atoms with Crippen LogP contribution in [0.2, 0.25) is 0 Å². The first-order chi connectivity index (χ1) is 6.47. The van der Waals surface area contributed by atoms with Gasteiger partial charge in [0.2, 0.25) is 0 Å². The van der Waals surface area contributed by atoms with Gasteiger partial charge in [0, 0.05) is 12.1 Å². The normalized spacial score (nSPS) is 12.6. The number of ether oxygens (including phenoxy) is 1. The predicted octanol–water partition coefficient (Wildman–Crippen LogP) is 1.84. The SMILES string of the molecule is C=C(C)C(=O)OC(CC)CCN(C)C. The Morgan fingerprint density at radius 3 is 2.43 bits per heavy atom. The maximum atomic E-state index is 11.2. The molecule has 0 aromatic carbocycles. The molecule has 0 rings (SSSR count). The van der Waals surface area contributed by atoms with Crippen LogP contribution in [0.1, 0.15) is 26.7 Å². The van der Waals surface area contributed by atoms with Gasteiger partial charge in [-0.15, -0.1) is 0 Å². The van der Waals surface area contributed by atoms with Crippen LogP contribution >= 0.6 is 0 Å². The third-order valence-corrected chi connectivity index (χ3v) is 1.98. The zero-order chi connectivity index (χ0) is 11.1. The molecular formula is C11H21NO2. The van der Waals surface area contributed by atoms with Gasteiger partial charge in [0.05, 0.1) is 0 Å². The highest BCUT2D eigenvalue weighted by Crippen LogP contribution is 2.07. The molecular weight excluding hydrogens is 178 g/mol. The molecule has 0 fully saturated rings. The fourth-order valence-corrected chi connectivity index (χ4v) is 1.00. The lowest BCUT2D eigenvalue weighted by Gasteiger charge is -2.18. The minimum atomic E-state index is -0.282. The molecule has 0 amide bonds. The van der Waals surface area contributed by atoms with Crippen LogP contribution in [0, 0.1) is 0 Å². The molecule has 0 aliphatic carbocycles. The zero-order valence-electron chi connectivity index (χ0n) is 9.67. The van der Waals surface area contributed by atoms with Crippen LogP contribution in [-0.4, -0.2) is 37.6 Å². The Morgan fingerprint density at radius 1 is 1.50 bits per heavy atom. The van der Waals surface area contributed by atoms with Gasteiger partial charge in [-0.2, -0.15) is 0 Å². The van der Waals surface area contributed by atoms with E-state index in [1.54, 1.807) is 6.92 Å². The second-order valence-corrected chi connectivity index (χ2v) is 3.81. The van der Waals surface area contributed by atoms with Gasteiger partial charge in [-0.25, -0.2) is 4.79 Å². The van der Waals surface area contributed by atoms with E-state index < -0.39 is 0 Å². The van der Waals surface area contributed by atoms with E-state index in [1.165, 1.54) is 0 Å². The smallest absolute Gasteiger partial charge is 0.333 e. The minimum Gasteiger partial charge on any atom is -0.459 e. The number of hydrogen-bond donors (Lipinski definition) is 0. The van der Waals surface area contributed by atoms with Crippen molar-refractivity contribution in [2.24, 2.45) is 0 Å². The highest BCUT2D eigenvalue weighted by molar-refractivity contribution is 5.87. The topological polar surface area (TPSA) is 29.5 Å². The molecule has 3 heteroatoms. The summed E-state index contributed by atoms with van der Waals surface area (Å²) < 4.78 is 5.25. The van der Waals surface area contributed by atoms with Gasteiger partial charge in [-0.05, 0) is 33.9 Å². The molecule has 0 aromatic rings. The Hall–Kier alpha value is -0.830. The van der Waals surface area contributed by atoms with Crippen molar-refractivity contribution in [3.05, 3.63) is 12.2 Å². The molecule has 0 N–H and O–H groups in total. The van der Waals surface area contributed by atoms with E-state index in [-0.39, 0.29) is 12.1 Å². The second kappa shape index (κ2) is 6.60. The predicted molar refractivity (Wildman–Crippen MR) is 58.2 cm³/mol. The van der Waals surface area contributed by atoms with Gasteiger partial charge >= 0.3 is 5.97 Å². The number of nitrogens with zero attached hydrogens (tertiary/aromatic N) is 1. The fourth-order valence-electron chi connectivity index (χ4n) is 1.00. The highest BCUT2D eigenvalue weighted by Gasteiger charge is 2.12. The van der Waals surface area contributed by atoms with Crippen molar-refractivity contribution in [3.63, 3.8) is 0 Å². The number of rotatable bonds is 6. The van der Waals surface area contributed by atoms with E-state index >= 15 is 0 Å². The van der Waals surface area contributed by atoms with Gasteiger partial charge in [-0.1, -0.05) is 13.5 Å². The molecule has 1 unspecified atom stereocenters. The average molecular weight is 199 g/mol. The molecule has 0 aliphatic rings. The summed E-state index contributed by atoms with van der Waals surface area (Å²) in [7, 11) is 4.01. The summed E-state index contributed by atoms with van der Waals surface area (Å²) >= 11 is 0. The van der Waals surface area contributed by atoms with Crippen LogP contribution in [0.5, 0.6) is 0 Å². The molecule has 0 bridgehead atoms. The number of carbonyl (C=O) groups is 1. The van der Waals surface area contributed by atoms with Crippen LogP contribution in [-0.2, 0) is 9.53 Å². The van der Waals surface area contributed by atoms with E-state index in [0.29, 0.717) is 5.57 Å². The summed E-state index contributed by atoms with van der Waals surface area (Å²) in [4.78, 5) is 13.3. The first kappa shape index (κ1) is 13.2. The second-order valence-electron chi connectivity index (χ2n) is 3.81. The van der Waals surface area contributed by atoms with Gasteiger partial charge in [0.15, 0.2) is 0 Å². The molecule has 0 saturated carbocycles. The van der Waals surface area contributed by atoms with Crippen molar-refractivity contribution in [3.8, 4) is 0 Å². The molecule has 0 spiro atoms. The molecule has 14 heavy (non-hydrogen) atoms. The molecule has 0 aliphatic heterocycles. The van der Waals surface area contributed by atoms with Crippen LogP contribution < -0.4 is 0 Å². The van der Waals surface area contributed by atoms with Crippen molar-refractivity contribution < 1.29 is 9.53 Å². The first-order valence-corrected chi connectivity index (χ1v) is 4.98. The van der Waals surface area contributed by atoms with Crippen LogP contribution in [0.4, 0.5) is 0 Å². The molecule has 1 atom stereocenters. The van der Waals surface area contributed by atoms with Crippen molar-refractivity contribution >= 4 is 5.97 Å². The minimum absolute atomic E-state index is 0.0154. The molecule has 0 aromatic heterocycles. The summed E-state index contributed by atoms with van der Waals surface area (Å²) in [6.45, 7) is 8.17. The van der Waals surface area contributed by atoms with Crippen molar-refractivity contribution in [1.29, 1.82) is 0 Å². The summed E-state index contributed by atoms with van der Waals surface area (Å²) in [5.41, 5.74) is 0.466. The molecule has 0 radical (unpaired) electrons. The van der Waals surface area contributed by atoms with E-state index in [1.807, 2.05) is 21.0 Å². The van der Waals surface area contributed by atoms with Crippen LogP contribution in [0.15, 0.2) is 12.2 Å². The summed E-state index contributed by atoms with van der Waals surface area (Å²) in [6, 6.07) is 0. The van der Waals surface area contributed by atoms with Crippen LogP contribution in [0.25, 0.3) is 0 Å². The largest absolute Gasteiger partial charge is 0.459 e. The number of esters is 1. The van der Waals surface area contributed by atoms with E-state index in [0.717, 1.165) is 19.4 Å². The summed E-state index contributed by atoms with van der Waals surface area (Å²) in [6.07, 6.45) is 1.75. The average Bonchev–Trinajstić information content (AvgIpc) is 2.11. The Labute approximate surface area is 86.7 Å². The number of hydrogen-bond acceptors (Lipinski definition) is 3. The lowest BCUT2D eigenvalue weighted by Crippen LogP contribution is -2.23. The Morgan fingerprint density at radius 2 is 2.07 bits per heavy atom. The lowest BCUT2D eigenvalue weighted by molar-refractivity contribution is -0.144. The van der Waals surface area contributed by atoms with E-state index in [2.05, 4.69) is 11.5 Å². The Bertz CT molecular complexity index is 199. The quantitative estimate of drug-likeness (QED) is 0.483.